The number of aromatic nitrogens is 2. The summed E-state index contributed by atoms with van der Waals surface area (Å²) in [5, 5.41) is 3.51. The topological polar surface area (TPSA) is 43.8 Å². The minimum atomic E-state index is 0.774. The molecule has 2 N–H and O–H groups in total. The molecule has 2 heterocycles. The SMILES string of the molecule is Nc1ccc2c(c1)c1c3ccccc3ncc1n2-c1ccccc1. The number of anilines is 1. The average molecular weight is 309 g/mol. The van der Waals surface area contributed by atoms with Gasteiger partial charge in [0.1, 0.15) is 0 Å². The second kappa shape index (κ2) is 4.83. The van der Waals surface area contributed by atoms with Crippen LogP contribution in [0.3, 0.4) is 0 Å². The predicted molar refractivity (Wildman–Crippen MR) is 100 cm³/mol. The van der Waals surface area contributed by atoms with Crippen LogP contribution >= 0.6 is 0 Å². The Bertz CT molecular complexity index is 1200. The van der Waals surface area contributed by atoms with Crippen LogP contribution in [0.25, 0.3) is 38.4 Å². The van der Waals surface area contributed by atoms with E-state index in [1.807, 2.05) is 30.5 Å². The first-order chi connectivity index (χ1) is 11.8. The van der Waals surface area contributed by atoms with Crippen LogP contribution < -0.4 is 5.73 Å². The summed E-state index contributed by atoms with van der Waals surface area (Å²) >= 11 is 0. The minimum absolute atomic E-state index is 0.774. The molecule has 0 bridgehead atoms. The van der Waals surface area contributed by atoms with E-state index in [9.17, 15) is 0 Å². The number of nitrogens with zero attached hydrogens (tertiary/aromatic N) is 2. The molecule has 5 aromatic rings. The zero-order valence-electron chi connectivity index (χ0n) is 13.0. The third-order valence-corrected chi connectivity index (χ3v) is 4.54. The van der Waals surface area contributed by atoms with Gasteiger partial charge in [-0.1, -0.05) is 36.4 Å². The quantitative estimate of drug-likeness (QED) is 0.447. The summed E-state index contributed by atoms with van der Waals surface area (Å²) in [6.45, 7) is 0. The van der Waals surface area contributed by atoms with E-state index in [4.69, 9.17) is 5.73 Å². The first-order valence-electron chi connectivity index (χ1n) is 7.96. The molecule has 3 aromatic carbocycles. The molecule has 0 aliphatic heterocycles. The van der Waals surface area contributed by atoms with E-state index in [1.165, 1.54) is 5.39 Å². The molecule has 2 aromatic heterocycles. The number of rotatable bonds is 1. The molecule has 0 saturated carbocycles. The molecule has 0 amide bonds. The summed E-state index contributed by atoms with van der Waals surface area (Å²) < 4.78 is 2.25. The van der Waals surface area contributed by atoms with E-state index >= 15 is 0 Å². The average Bonchev–Trinajstić information content (AvgIpc) is 2.96. The molecule has 0 radical (unpaired) electrons. The van der Waals surface area contributed by atoms with E-state index in [1.54, 1.807) is 0 Å². The molecule has 3 heteroatoms. The highest BCUT2D eigenvalue weighted by Gasteiger charge is 2.15. The van der Waals surface area contributed by atoms with Crippen LogP contribution in [0, 0.1) is 0 Å². The summed E-state index contributed by atoms with van der Waals surface area (Å²) in [4.78, 5) is 4.66. The van der Waals surface area contributed by atoms with Crippen LogP contribution in [-0.2, 0) is 0 Å². The van der Waals surface area contributed by atoms with Crippen molar-refractivity contribution in [3.05, 3.63) is 79.0 Å². The van der Waals surface area contributed by atoms with Crippen LogP contribution in [-0.4, -0.2) is 9.55 Å². The van der Waals surface area contributed by atoms with Gasteiger partial charge >= 0.3 is 0 Å². The molecule has 3 nitrogen and oxygen atoms in total. The van der Waals surface area contributed by atoms with E-state index in [-0.39, 0.29) is 0 Å². The Hall–Kier alpha value is -3.33. The number of nitrogen functional groups attached to an aromatic ring is 1. The van der Waals surface area contributed by atoms with Crippen molar-refractivity contribution in [2.24, 2.45) is 0 Å². The van der Waals surface area contributed by atoms with Gasteiger partial charge in [-0.2, -0.15) is 0 Å². The number of para-hydroxylation sites is 2. The van der Waals surface area contributed by atoms with Gasteiger partial charge in [-0.15, -0.1) is 0 Å². The van der Waals surface area contributed by atoms with Gasteiger partial charge in [-0.05, 0) is 36.4 Å². The normalized spacial score (nSPS) is 11.5. The number of nitrogens with two attached hydrogens (primary N) is 1. The van der Waals surface area contributed by atoms with E-state index in [2.05, 4.69) is 58.1 Å². The Labute approximate surface area is 139 Å². The molecule has 0 fully saturated rings. The Morgan fingerprint density at radius 2 is 1.54 bits per heavy atom. The standard InChI is InChI=1S/C21H15N3/c22-14-10-11-19-17(12-14)21-16-8-4-5-9-18(16)23-13-20(21)24(19)15-6-2-1-3-7-15/h1-13H,22H2. The van der Waals surface area contributed by atoms with Crippen LogP contribution in [0.1, 0.15) is 0 Å². The van der Waals surface area contributed by atoms with Gasteiger partial charge in [0.05, 0.1) is 22.7 Å². The van der Waals surface area contributed by atoms with Crippen molar-refractivity contribution in [3.8, 4) is 5.69 Å². The van der Waals surface area contributed by atoms with Crippen LogP contribution in [0.2, 0.25) is 0 Å². The van der Waals surface area contributed by atoms with Crippen molar-refractivity contribution in [3.63, 3.8) is 0 Å². The Morgan fingerprint density at radius 1 is 0.750 bits per heavy atom. The fourth-order valence-electron chi connectivity index (χ4n) is 3.52. The zero-order valence-corrected chi connectivity index (χ0v) is 13.0. The van der Waals surface area contributed by atoms with Crippen molar-refractivity contribution in [2.75, 3.05) is 5.73 Å². The molecule has 0 spiro atoms. The Kier molecular flexibility index (Phi) is 2.65. The minimum Gasteiger partial charge on any atom is -0.399 e. The van der Waals surface area contributed by atoms with Crippen molar-refractivity contribution < 1.29 is 0 Å². The van der Waals surface area contributed by atoms with Gasteiger partial charge in [0.25, 0.3) is 0 Å². The zero-order chi connectivity index (χ0) is 16.1. The maximum absolute atomic E-state index is 6.08. The van der Waals surface area contributed by atoms with Gasteiger partial charge in [-0.3, -0.25) is 4.98 Å². The van der Waals surface area contributed by atoms with Gasteiger partial charge < -0.3 is 10.3 Å². The van der Waals surface area contributed by atoms with Crippen molar-refractivity contribution in [2.45, 2.75) is 0 Å². The molecule has 24 heavy (non-hydrogen) atoms. The lowest BCUT2D eigenvalue weighted by atomic mass is 10.1. The van der Waals surface area contributed by atoms with E-state index < -0.39 is 0 Å². The Morgan fingerprint density at radius 3 is 2.42 bits per heavy atom. The fourth-order valence-corrected chi connectivity index (χ4v) is 3.52. The summed E-state index contributed by atoms with van der Waals surface area (Å²) in [5.41, 5.74) is 11.2. The molecular formula is C21H15N3. The van der Waals surface area contributed by atoms with Gasteiger partial charge in [0.2, 0.25) is 0 Å². The van der Waals surface area contributed by atoms with Crippen LogP contribution in [0.4, 0.5) is 5.69 Å². The van der Waals surface area contributed by atoms with Crippen LogP contribution in [0.5, 0.6) is 0 Å². The largest absolute Gasteiger partial charge is 0.399 e. The maximum atomic E-state index is 6.08. The van der Waals surface area contributed by atoms with Crippen molar-refractivity contribution in [1.29, 1.82) is 0 Å². The second-order valence-electron chi connectivity index (χ2n) is 5.98. The number of benzene rings is 3. The molecular weight excluding hydrogens is 294 g/mol. The third-order valence-electron chi connectivity index (χ3n) is 4.54. The lowest BCUT2D eigenvalue weighted by Crippen LogP contribution is -1.93. The van der Waals surface area contributed by atoms with Crippen molar-refractivity contribution >= 4 is 38.4 Å². The van der Waals surface area contributed by atoms with Crippen LogP contribution in [0.15, 0.2) is 79.0 Å². The summed E-state index contributed by atoms with van der Waals surface area (Å²) in [6, 6.07) is 24.7. The molecule has 0 aliphatic carbocycles. The molecule has 0 atom stereocenters. The fraction of sp³-hybridized carbons (Fsp3) is 0. The van der Waals surface area contributed by atoms with Crippen molar-refractivity contribution in [1.82, 2.24) is 9.55 Å². The summed E-state index contributed by atoms with van der Waals surface area (Å²) in [5.74, 6) is 0. The predicted octanol–water partition coefficient (Wildman–Crippen LogP) is 4.91. The lowest BCUT2D eigenvalue weighted by Gasteiger charge is -2.07. The maximum Gasteiger partial charge on any atom is 0.0730 e. The van der Waals surface area contributed by atoms with E-state index in [0.717, 1.165) is 38.7 Å². The second-order valence-corrected chi connectivity index (χ2v) is 5.98. The lowest BCUT2D eigenvalue weighted by molar-refractivity contribution is 1.17. The van der Waals surface area contributed by atoms with Gasteiger partial charge in [0.15, 0.2) is 0 Å². The van der Waals surface area contributed by atoms with E-state index in [0.29, 0.717) is 0 Å². The molecule has 114 valence electrons. The molecule has 0 saturated heterocycles. The monoisotopic (exact) mass is 309 g/mol. The smallest absolute Gasteiger partial charge is 0.0730 e. The van der Waals surface area contributed by atoms with Gasteiger partial charge in [-0.25, -0.2) is 0 Å². The Balaban J connectivity index is 2.07. The highest BCUT2D eigenvalue weighted by atomic mass is 15.0. The highest BCUT2D eigenvalue weighted by molar-refractivity contribution is 6.20. The highest BCUT2D eigenvalue weighted by Crippen LogP contribution is 2.36. The number of hydrogen-bond acceptors (Lipinski definition) is 2. The first-order valence-corrected chi connectivity index (χ1v) is 7.96. The summed E-state index contributed by atoms with van der Waals surface area (Å²) in [6.07, 6.45) is 1.96. The molecule has 0 unspecified atom stereocenters. The summed E-state index contributed by atoms with van der Waals surface area (Å²) in [7, 11) is 0. The first kappa shape index (κ1) is 13.1. The van der Waals surface area contributed by atoms with Gasteiger partial charge in [0, 0.05) is 27.5 Å². The molecule has 0 aliphatic rings. The number of hydrogen-bond donors (Lipinski definition) is 1. The number of fused-ring (bicyclic) bond motifs is 5. The number of pyridine rings is 1. The third kappa shape index (κ3) is 1.75. The molecule has 5 rings (SSSR count).